The van der Waals surface area contributed by atoms with Gasteiger partial charge >= 0.3 is 5.97 Å². The summed E-state index contributed by atoms with van der Waals surface area (Å²) in [7, 11) is -3.50. The summed E-state index contributed by atoms with van der Waals surface area (Å²) in [4.78, 5) is 24.0. The molecule has 2 aromatic rings. The zero-order valence-corrected chi connectivity index (χ0v) is 14.8. The molecule has 0 heterocycles. The van der Waals surface area contributed by atoms with Gasteiger partial charge in [-0.15, -0.1) is 0 Å². The third-order valence-corrected chi connectivity index (χ3v) is 4.74. The highest BCUT2D eigenvalue weighted by Gasteiger charge is 2.18. The third-order valence-electron chi connectivity index (χ3n) is 3.07. The van der Waals surface area contributed by atoms with Gasteiger partial charge in [-0.1, -0.05) is 35.3 Å². The van der Waals surface area contributed by atoms with Crippen LogP contribution in [0, 0.1) is 0 Å². The van der Waals surface area contributed by atoms with Crippen molar-refractivity contribution < 1.29 is 22.7 Å². The lowest BCUT2D eigenvalue weighted by Crippen LogP contribution is -2.15. The zero-order valence-electron chi connectivity index (χ0n) is 12.5. The molecule has 5 nitrogen and oxygen atoms in total. The number of halogens is 2. The molecule has 8 heteroatoms. The Balaban J connectivity index is 2.14. The fraction of sp³-hybridized carbons (Fsp3) is 0.125. The van der Waals surface area contributed by atoms with Gasteiger partial charge in [-0.05, 0) is 30.3 Å². The molecule has 0 spiro atoms. The first kappa shape index (κ1) is 18.4. The standard InChI is InChI=1S/C16H12Cl2O5S/c1-24(21,22)12-5-6-14(18)13(8-12)16(20)23-9-15(19)10-3-2-4-11(17)7-10/h2-8H,9H2,1H3. The first-order chi connectivity index (χ1) is 11.2. The Hall–Kier alpha value is -1.89. The number of benzene rings is 2. The van der Waals surface area contributed by atoms with Crippen LogP contribution < -0.4 is 0 Å². The van der Waals surface area contributed by atoms with Crippen LogP contribution in [0.25, 0.3) is 0 Å². The van der Waals surface area contributed by atoms with Gasteiger partial charge in [-0.3, -0.25) is 4.79 Å². The molecule has 0 saturated carbocycles. The predicted molar refractivity (Wildman–Crippen MR) is 90.6 cm³/mol. The largest absolute Gasteiger partial charge is 0.454 e. The minimum Gasteiger partial charge on any atom is -0.454 e. The van der Waals surface area contributed by atoms with Crippen molar-refractivity contribution in [2.24, 2.45) is 0 Å². The average Bonchev–Trinajstić information content (AvgIpc) is 2.51. The highest BCUT2D eigenvalue weighted by Crippen LogP contribution is 2.21. The van der Waals surface area contributed by atoms with Crippen LogP contribution in [-0.4, -0.2) is 33.0 Å². The number of rotatable bonds is 5. The fourth-order valence-electron chi connectivity index (χ4n) is 1.85. The highest BCUT2D eigenvalue weighted by atomic mass is 35.5. The maximum atomic E-state index is 12.1. The number of sulfone groups is 1. The van der Waals surface area contributed by atoms with Gasteiger partial charge in [0.15, 0.2) is 22.2 Å². The average molecular weight is 387 g/mol. The molecule has 126 valence electrons. The Morgan fingerprint density at radius 1 is 1.08 bits per heavy atom. The van der Waals surface area contributed by atoms with Crippen LogP contribution in [-0.2, 0) is 14.6 Å². The molecule has 0 aliphatic carbocycles. The normalized spacial score (nSPS) is 11.1. The molecule has 0 fully saturated rings. The van der Waals surface area contributed by atoms with Crippen molar-refractivity contribution in [1.82, 2.24) is 0 Å². The molecule has 0 atom stereocenters. The van der Waals surface area contributed by atoms with Gasteiger partial charge in [-0.25, -0.2) is 13.2 Å². The lowest BCUT2D eigenvalue weighted by Gasteiger charge is -2.07. The van der Waals surface area contributed by atoms with Crippen molar-refractivity contribution in [2.75, 3.05) is 12.9 Å². The van der Waals surface area contributed by atoms with Crippen LogP contribution in [0.5, 0.6) is 0 Å². The molecule has 0 N–H and O–H groups in total. The lowest BCUT2D eigenvalue weighted by molar-refractivity contribution is 0.0474. The van der Waals surface area contributed by atoms with Crippen molar-refractivity contribution in [3.05, 3.63) is 63.6 Å². The quantitative estimate of drug-likeness (QED) is 0.580. The van der Waals surface area contributed by atoms with Crippen LogP contribution in [0.3, 0.4) is 0 Å². The maximum absolute atomic E-state index is 12.1. The van der Waals surface area contributed by atoms with Gasteiger partial charge in [0.05, 0.1) is 15.5 Å². The van der Waals surface area contributed by atoms with E-state index in [4.69, 9.17) is 27.9 Å². The number of carbonyl (C=O) groups is 2. The summed E-state index contributed by atoms with van der Waals surface area (Å²) in [6.45, 7) is -0.515. The van der Waals surface area contributed by atoms with E-state index in [-0.39, 0.29) is 15.5 Å². The number of ether oxygens (including phenoxy) is 1. The van der Waals surface area contributed by atoms with Gasteiger partial charge in [0.1, 0.15) is 0 Å². The van der Waals surface area contributed by atoms with Gasteiger partial charge in [0.25, 0.3) is 0 Å². The van der Waals surface area contributed by atoms with Crippen molar-refractivity contribution in [1.29, 1.82) is 0 Å². The maximum Gasteiger partial charge on any atom is 0.340 e. The molecule has 0 bridgehead atoms. The number of carbonyl (C=O) groups excluding carboxylic acids is 2. The van der Waals surface area contributed by atoms with Gasteiger partial charge in [0.2, 0.25) is 0 Å². The summed E-state index contributed by atoms with van der Waals surface area (Å²) in [6, 6.07) is 9.89. The van der Waals surface area contributed by atoms with Crippen molar-refractivity contribution in [3.8, 4) is 0 Å². The van der Waals surface area contributed by atoms with E-state index in [0.717, 1.165) is 12.3 Å². The summed E-state index contributed by atoms with van der Waals surface area (Å²) in [5.74, 6) is -1.33. The molecule has 2 rings (SSSR count). The van der Waals surface area contributed by atoms with E-state index in [0.29, 0.717) is 10.6 Å². The summed E-state index contributed by atoms with van der Waals surface area (Å²) in [5.41, 5.74) is 0.171. The minimum atomic E-state index is -3.50. The molecule has 0 saturated heterocycles. The van der Waals surface area contributed by atoms with Crippen LogP contribution in [0.4, 0.5) is 0 Å². The van der Waals surface area contributed by atoms with E-state index >= 15 is 0 Å². The summed E-state index contributed by atoms with van der Waals surface area (Å²) < 4.78 is 28.0. The fourth-order valence-corrected chi connectivity index (χ4v) is 2.88. The molecule has 0 aromatic heterocycles. The molecule has 0 aliphatic heterocycles. The summed E-state index contributed by atoms with van der Waals surface area (Å²) in [6.07, 6.45) is 1.01. The molecule has 2 aromatic carbocycles. The number of ketones is 1. The second-order valence-corrected chi connectivity index (χ2v) is 7.78. The molecular formula is C16H12Cl2O5S. The molecule has 0 unspecified atom stereocenters. The second kappa shape index (κ2) is 7.34. The molecule has 24 heavy (non-hydrogen) atoms. The molecule has 0 aliphatic rings. The number of esters is 1. The van der Waals surface area contributed by atoms with E-state index < -0.39 is 28.2 Å². The second-order valence-electron chi connectivity index (χ2n) is 4.92. The summed E-state index contributed by atoms with van der Waals surface area (Å²) >= 11 is 11.7. The van der Waals surface area contributed by atoms with E-state index in [1.807, 2.05) is 0 Å². The van der Waals surface area contributed by atoms with Crippen molar-refractivity contribution >= 4 is 44.8 Å². The minimum absolute atomic E-state index is 0.0302. The summed E-state index contributed by atoms with van der Waals surface area (Å²) in [5, 5.41) is 0.415. The number of Topliss-reactive ketones (excluding diaryl/α,β-unsaturated/α-hetero) is 1. The Morgan fingerprint density at radius 2 is 1.79 bits per heavy atom. The Morgan fingerprint density at radius 3 is 2.42 bits per heavy atom. The molecular weight excluding hydrogens is 375 g/mol. The number of hydrogen-bond acceptors (Lipinski definition) is 5. The van der Waals surface area contributed by atoms with E-state index in [1.54, 1.807) is 18.2 Å². The van der Waals surface area contributed by atoms with Gasteiger partial charge < -0.3 is 4.74 Å². The Labute approximate surface area is 149 Å². The van der Waals surface area contributed by atoms with E-state index in [1.165, 1.54) is 18.2 Å². The molecule has 0 radical (unpaired) electrons. The van der Waals surface area contributed by atoms with Gasteiger partial charge in [-0.2, -0.15) is 0 Å². The molecule has 0 amide bonds. The van der Waals surface area contributed by atoms with Crippen LogP contribution >= 0.6 is 23.2 Å². The zero-order chi connectivity index (χ0) is 17.9. The Bertz CT molecular complexity index is 906. The topological polar surface area (TPSA) is 77.5 Å². The van der Waals surface area contributed by atoms with Crippen LogP contribution in [0.2, 0.25) is 10.0 Å². The SMILES string of the molecule is CS(=O)(=O)c1ccc(Cl)c(C(=O)OCC(=O)c2cccc(Cl)c2)c1. The first-order valence-corrected chi connectivity index (χ1v) is 9.29. The third kappa shape index (κ3) is 4.56. The van der Waals surface area contributed by atoms with Crippen LogP contribution in [0.1, 0.15) is 20.7 Å². The van der Waals surface area contributed by atoms with E-state index in [9.17, 15) is 18.0 Å². The Kier molecular flexibility index (Phi) is 5.64. The highest BCUT2D eigenvalue weighted by molar-refractivity contribution is 7.90. The first-order valence-electron chi connectivity index (χ1n) is 6.64. The smallest absolute Gasteiger partial charge is 0.340 e. The van der Waals surface area contributed by atoms with Gasteiger partial charge in [0, 0.05) is 16.8 Å². The van der Waals surface area contributed by atoms with Crippen molar-refractivity contribution in [3.63, 3.8) is 0 Å². The number of hydrogen-bond donors (Lipinski definition) is 0. The monoisotopic (exact) mass is 386 g/mol. The van der Waals surface area contributed by atoms with E-state index in [2.05, 4.69) is 0 Å². The van der Waals surface area contributed by atoms with Crippen molar-refractivity contribution in [2.45, 2.75) is 4.90 Å². The van der Waals surface area contributed by atoms with Crippen LogP contribution in [0.15, 0.2) is 47.4 Å². The lowest BCUT2D eigenvalue weighted by atomic mass is 10.1. The predicted octanol–water partition coefficient (Wildman–Crippen LogP) is 3.44.